The van der Waals surface area contributed by atoms with E-state index in [4.69, 9.17) is 17.0 Å². The third kappa shape index (κ3) is 3.33. The van der Waals surface area contributed by atoms with E-state index in [1.165, 1.54) is 7.11 Å². The lowest BCUT2D eigenvalue weighted by molar-refractivity contribution is -0.122. The predicted octanol–water partition coefficient (Wildman–Crippen LogP) is 2.26. The lowest BCUT2D eigenvalue weighted by Crippen LogP contribution is -2.31. The van der Waals surface area contributed by atoms with Gasteiger partial charge in [-0.25, -0.2) is 0 Å². The Hall–Kier alpha value is -2.08. The minimum Gasteiger partial charge on any atom is -0.504 e. The summed E-state index contributed by atoms with van der Waals surface area (Å²) in [6.07, 6.45) is 3.57. The third-order valence-corrected chi connectivity index (χ3v) is 3.53. The van der Waals surface area contributed by atoms with Gasteiger partial charge in [0.15, 0.2) is 16.6 Å². The number of hydrogen-bond donors (Lipinski definition) is 2. The van der Waals surface area contributed by atoms with Gasteiger partial charge in [-0.2, -0.15) is 0 Å². The summed E-state index contributed by atoms with van der Waals surface area (Å²) in [6.45, 7) is 2.68. The van der Waals surface area contributed by atoms with Gasteiger partial charge in [-0.1, -0.05) is 19.4 Å². The van der Waals surface area contributed by atoms with Crippen molar-refractivity contribution in [2.75, 3.05) is 13.7 Å². The van der Waals surface area contributed by atoms with Crippen LogP contribution >= 0.6 is 12.2 Å². The normalized spacial score (nSPS) is 16.5. The molecule has 0 aromatic heterocycles. The van der Waals surface area contributed by atoms with E-state index >= 15 is 0 Å². The first-order chi connectivity index (χ1) is 10.1. The fourth-order valence-corrected chi connectivity index (χ4v) is 2.34. The predicted molar refractivity (Wildman–Crippen MR) is 85.0 cm³/mol. The average molecular weight is 306 g/mol. The Morgan fingerprint density at radius 1 is 1.48 bits per heavy atom. The van der Waals surface area contributed by atoms with Gasteiger partial charge >= 0.3 is 0 Å². The molecule has 0 unspecified atom stereocenters. The van der Waals surface area contributed by atoms with Crippen LogP contribution in [-0.4, -0.2) is 34.7 Å². The van der Waals surface area contributed by atoms with E-state index < -0.39 is 0 Å². The van der Waals surface area contributed by atoms with Crippen molar-refractivity contribution in [3.05, 3.63) is 29.5 Å². The number of unbranched alkanes of at least 4 members (excludes halogenated alkanes) is 1. The number of methoxy groups -OCH3 is 1. The van der Waals surface area contributed by atoms with Crippen molar-refractivity contribution in [1.82, 2.24) is 10.2 Å². The van der Waals surface area contributed by atoms with Crippen LogP contribution in [0.4, 0.5) is 0 Å². The van der Waals surface area contributed by atoms with Crippen LogP contribution < -0.4 is 10.1 Å². The topological polar surface area (TPSA) is 61.8 Å². The highest BCUT2D eigenvalue weighted by molar-refractivity contribution is 7.80. The average Bonchev–Trinajstić information content (AvgIpc) is 2.72. The molecule has 5 nitrogen and oxygen atoms in total. The first-order valence-electron chi connectivity index (χ1n) is 6.78. The molecular weight excluding hydrogens is 288 g/mol. The first kappa shape index (κ1) is 15.3. The van der Waals surface area contributed by atoms with Crippen LogP contribution in [-0.2, 0) is 4.79 Å². The molecule has 0 spiro atoms. The van der Waals surface area contributed by atoms with E-state index in [0.29, 0.717) is 28.7 Å². The zero-order chi connectivity index (χ0) is 15.4. The molecule has 1 amide bonds. The van der Waals surface area contributed by atoms with E-state index in [1.807, 2.05) is 0 Å². The molecule has 112 valence electrons. The standard InChI is InChI=1S/C15H18N2O3S/c1-3-4-7-17-14(19)11(16-15(17)21)8-10-5-6-13(20-2)12(18)9-10/h5-6,8-9,18H,3-4,7H2,1-2H3,(H,16,21)/b11-8-. The lowest BCUT2D eigenvalue weighted by atomic mass is 10.1. The second-order valence-electron chi connectivity index (χ2n) is 4.73. The maximum Gasteiger partial charge on any atom is 0.276 e. The summed E-state index contributed by atoms with van der Waals surface area (Å²) in [4.78, 5) is 13.8. The summed E-state index contributed by atoms with van der Waals surface area (Å²) in [5, 5.41) is 13.1. The SMILES string of the molecule is CCCCN1C(=O)/C(=C/c2ccc(OC)c(O)c2)NC1=S. The molecule has 21 heavy (non-hydrogen) atoms. The fraction of sp³-hybridized carbons (Fsp3) is 0.333. The third-order valence-electron chi connectivity index (χ3n) is 3.21. The van der Waals surface area contributed by atoms with Gasteiger partial charge in [0.05, 0.1) is 7.11 Å². The quantitative estimate of drug-likeness (QED) is 0.645. The molecule has 0 saturated carbocycles. The van der Waals surface area contributed by atoms with Gasteiger partial charge in [0.25, 0.3) is 5.91 Å². The number of phenolic OH excluding ortho intramolecular Hbond substituents is 1. The molecule has 0 aliphatic carbocycles. The number of benzene rings is 1. The van der Waals surface area contributed by atoms with Gasteiger partial charge in [0.2, 0.25) is 0 Å². The Morgan fingerprint density at radius 3 is 2.86 bits per heavy atom. The van der Waals surface area contributed by atoms with Gasteiger partial charge in [-0.3, -0.25) is 9.69 Å². The molecule has 1 heterocycles. The molecule has 0 radical (unpaired) electrons. The molecule has 2 rings (SSSR count). The summed E-state index contributed by atoms with van der Waals surface area (Å²) in [7, 11) is 1.49. The van der Waals surface area contributed by atoms with Crippen LogP contribution in [0.5, 0.6) is 11.5 Å². The number of hydrogen-bond acceptors (Lipinski definition) is 4. The minimum atomic E-state index is -0.135. The van der Waals surface area contributed by atoms with Gasteiger partial charge in [-0.15, -0.1) is 0 Å². The monoisotopic (exact) mass is 306 g/mol. The van der Waals surface area contributed by atoms with Crippen LogP contribution in [0.15, 0.2) is 23.9 Å². The summed E-state index contributed by atoms with van der Waals surface area (Å²) in [5.74, 6) is 0.287. The highest BCUT2D eigenvalue weighted by atomic mass is 32.1. The van der Waals surface area contributed by atoms with Crippen LogP contribution in [0.3, 0.4) is 0 Å². The molecule has 1 aliphatic rings. The van der Waals surface area contributed by atoms with E-state index in [0.717, 1.165) is 12.8 Å². The molecule has 1 fully saturated rings. The molecule has 6 heteroatoms. The molecule has 1 saturated heterocycles. The highest BCUT2D eigenvalue weighted by Crippen LogP contribution is 2.27. The van der Waals surface area contributed by atoms with Crippen molar-refractivity contribution < 1.29 is 14.6 Å². The number of carbonyl (C=O) groups is 1. The second-order valence-corrected chi connectivity index (χ2v) is 5.12. The maximum absolute atomic E-state index is 12.3. The molecule has 0 bridgehead atoms. The molecule has 1 aliphatic heterocycles. The first-order valence-corrected chi connectivity index (χ1v) is 7.19. The molecule has 0 atom stereocenters. The number of carbonyl (C=O) groups excluding carboxylic acids is 1. The zero-order valence-corrected chi connectivity index (χ0v) is 12.9. The van der Waals surface area contributed by atoms with E-state index in [2.05, 4.69) is 12.2 Å². The number of nitrogens with one attached hydrogen (secondary N) is 1. The maximum atomic E-state index is 12.3. The number of amides is 1. The summed E-state index contributed by atoms with van der Waals surface area (Å²) >= 11 is 5.17. The van der Waals surface area contributed by atoms with Gasteiger partial charge < -0.3 is 15.2 Å². The zero-order valence-electron chi connectivity index (χ0n) is 12.0. The lowest BCUT2D eigenvalue weighted by Gasteiger charge is -2.12. The molecule has 1 aromatic carbocycles. The summed E-state index contributed by atoms with van der Waals surface area (Å²) in [6, 6.07) is 4.95. The van der Waals surface area contributed by atoms with Crippen molar-refractivity contribution in [2.24, 2.45) is 0 Å². The van der Waals surface area contributed by atoms with E-state index in [-0.39, 0.29) is 11.7 Å². The van der Waals surface area contributed by atoms with Crippen molar-refractivity contribution in [3.8, 4) is 11.5 Å². The second kappa shape index (κ2) is 6.58. The Morgan fingerprint density at radius 2 is 2.24 bits per heavy atom. The number of ether oxygens (including phenoxy) is 1. The van der Waals surface area contributed by atoms with E-state index in [9.17, 15) is 9.90 Å². The Kier molecular flexibility index (Phi) is 4.80. The molecule has 2 N–H and O–H groups in total. The number of thiocarbonyl (C=S) groups is 1. The van der Waals surface area contributed by atoms with Crippen LogP contribution in [0.25, 0.3) is 6.08 Å². The van der Waals surface area contributed by atoms with Crippen molar-refractivity contribution in [3.63, 3.8) is 0 Å². The van der Waals surface area contributed by atoms with Crippen molar-refractivity contribution >= 4 is 29.3 Å². The Balaban J connectivity index is 2.20. The van der Waals surface area contributed by atoms with Gasteiger partial charge in [0, 0.05) is 6.54 Å². The molecule has 1 aromatic rings. The largest absolute Gasteiger partial charge is 0.504 e. The van der Waals surface area contributed by atoms with Crippen LogP contribution in [0, 0.1) is 0 Å². The van der Waals surface area contributed by atoms with Gasteiger partial charge in [0.1, 0.15) is 5.70 Å². The minimum absolute atomic E-state index is 0.0303. The summed E-state index contributed by atoms with van der Waals surface area (Å²) < 4.78 is 4.99. The van der Waals surface area contributed by atoms with E-state index in [1.54, 1.807) is 29.2 Å². The van der Waals surface area contributed by atoms with Gasteiger partial charge in [-0.05, 0) is 42.4 Å². The van der Waals surface area contributed by atoms with Crippen LogP contribution in [0.2, 0.25) is 0 Å². The smallest absolute Gasteiger partial charge is 0.276 e. The number of aromatic hydroxyl groups is 1. The Bertz CT molecular complexity index is 599. The van der Waals surface area contributed by atoms with Crippen molar-refractivity contribution in [2.45, 2.75) is 19.8 Å². The Labute approximate surface area is 129 Å². The number of rotatable bonds is 5. The molecular formula is C15H18N2O3S. The van der Waals surface area contributed by atoms with Crippen LogP contribution in [0.1, 0.15) is 25.3 Å². The van der Waals surface area contributed by atoms with Crippen molar-refractivity contribution in [1.29, 1.82) is 0 Å². The number of phenols is 1. The highest BCUT2D eigenvalue weighted by Gasteiger charge is 2.29. The number of nitrogens with zero attached hydrogens (tertiary/aromatic N) is 1. The fourth-order valence-electron chi connectivity index (χ4n) is 2.05. The summed E-state index contributed by atoms with van der Waals surface area (Å²) in [5.41, 5.74) is 1.12.